The van der Waals surface area contributed by atoms with Gasteiger partial charge < -0.3 is 11.1 Å². The van der Waals surface area contributed by atoms with E-state index >= 15 is 0 Å². The van der Waals surface area contributed by atoms with Crippen molar-refractivity contribution in [3.8, 4) is 0 Å². The third-order valence-electron chi connectivity index (χ3n) is 2.91. The first-order valence-corrected chi connectivity index (χ1v) is 5.82. The van der Waals surface area contributed by atoms with E-state index in [9.17, 15) is 0 Å². The molecule has 0 radical (unpaired) electrons. The van der Waals surface area contributed by atoms with Crippen molar-refractivity contribution in [3.63, 3.8) is 0 Å². The van der Waals surface area contributed by atoms with Gasteiger partial charge in [0.25, 0.3) is 0 Å². The fourth-order valence-corrected chi connectivity index (χ4v) is 1.76. The quantitative estimate of drug-likeness (QED) is 0.750. The molecule has 0 amide bonds. The number of hydrogen-bond acceptors (Lipinski definition) is 2. The van der Waals surface area contributed by atoms with E-state index in [0.29, 0.717) is 12.6 Å². The molecule has 0 fully saturated rings. The van der Waals surface area contributed by atoms with Crippen molar-refractivity contribution >= 4 is 0 Å². The molecule has 1 aromatic rings. The van der Waals surface area contributed by atoms with Crippen LogP contribution in [0.25, 0.3) is 0 Å². The highest BCUT2D eigenvalue weighted by atomic mass is 14.9. The normalized spacial score (nSPS) is 10.9. The van der Waals surface area contributed by atoms with Gasteiger partial charge in [-0.05, 0) is 24.0 Å². The molecule has 3 N–H and O–H groups in total. The van der Waals surface area contributed by atoms with Crippen molar-refractivity contribution in [3.05, 3.63) is 35.4 Å². The molecule has 0 heterocycles. The summed E-state index contributed by atoms with van der Waals surface area (Å²) in [5, 5.41) is 3.55. The number of hydrogen-bond donors (Lipinski definition) is 2. The van der Waals surface area contributed by atoms with Gasteiger partial charge in [-0.3, -0.25) is 0 Å². The molecule has 0 spiro atoms. The smallest absolute Gasteiger partial charge is 0.0211 e. The van der Waals surface area contributed by atoms with E-state index in [-0.39, 0.29) is 0 Å². The molecule has 15 heavy (non-hydrogen) atoms. The summed E-state index contributed by atoms with van der Waals surface area (Å²) < 4.78 is 0. The summed E-state index contributed by atoms with van der Waals surface area (Å²) in [6.45, 7) is 5.99. The summed E-state index contributed by atoms with van der Waals surface area (Å²) >= 11 is 0. The molecule has 0 atom stereocenters. The maximum atomic E-state index is 5.69. The number of nitrogens with two attached hydrogens (primary N) is 1. The van der Waals surface area contributed by atoms with E-state index in [1.54, 1.807) is 0 Å². The Balaban J connectivity index is 2.56. The van der Waals surface area contributed by atoms with Crippen LogP contribution in [0.1, 0.15) is 37.8 Å². The zero-order valence-electron chi connectivity index (χ0n) is 9.79. The molecule has 2 heteroatoms. The first kappa shape index (κ1) is 12.2. The molecule has 0 aliphatic carbocycles. The maximum Gasteiger partial charge on any atom is 0.0211 e. The lowest BCUT2D eigenvalue weighted by atomic mass is 10.1. The molecule has 0 bridgehead atoms. The Bertz CT molecular complexity index is 280. The zero-order valence-corrected chi connectivity index (χ0v) is 9.79. The van der Waals surface area contributed by atoms with Gasteiger partial charge in [-0.1, -0.05) is 38.1 Å². The largest absolute Gasteiger partial charge is 0.326 e. The fraction of sp³-hybridized carbons (Fsp3) is 0.538. The monoisotopic (exact) mass is 206 g/mol. The van der Waals surface area contributed by atoms with Crippen LogP contribution in [0.4, 0.5) is 0 Å². The van der Waals surface area contributed by atoms with Gasteiger partial charge in [-0.2, -0.15) is 0 Å². The summed E-state index contributed by atoms with van der Waals surface area (Å²) in [5.41, 5.74) is 8.27. The summed E-state index contributed by atoms with van der Waals surface area (Å²) in [5.74, 6) is 0. The van der Waals surface area contributed by atoms with Gasteiger partial charge in [-0.25, -0.2) is 0 Å². The standard InChI is InChI=1S/C13H22N2/c1-3-13(4-2)15-10-12-8-6-5-7-11(12)9-14/h5-8,13,15H,3-4,9-10,14H2,1-2H3. The summed E-state index contributed by atoms with van der Waals surface area (Å²) in [7, 11) is 0. The van der Waals surface area contributed by atoms with Crippen LogP contribution in [0.2, 0.25) is 0 Å². The van der Waals surface area contributed by atoms with Crippen molar-refractivity contribution in [2.45, 2.75) is 45.8 Å². The summed E-state index contributed by atoms with van der Waals surface area (Å²) in [6, 6.07) is 8.99. The second-order valence-corrected chi connectivity index (χ2v) is 3.87. The van der Waals surface area contributed by atoms with Crippen LogP contribution in [0.3, 0.4) is 0 Å². The predicted octanol–water partition coefficient (Wildman–Crippen LogP) is 2.42. The van der Waals surface area contributed by atoms with Gasteiger partial charge in [-0.15, -0.1) is 0 Å². The molecular weight excluding hydrogens is 184 g/mol. The Labute approximate surface area is 92.9 Å². The van der Waals surface area contributed by atoms with E-state index in [4.69, 9.17) is 5.73 Å². The van der Waals surface area contributed by atoms with Crippen molar-refractivity contribution in [2.75, 3.05) is 0 Å². The Morgan fingerprint density at radius 2 is 1.73 bits per heavy atom. The van der Waals surface area contributed by atoms with Crippen molar-refractivity contribution in [1.29, 1.82) is 0 Å². The van der Waals surface area contributed by atoms with Crippen LogP contribution < -0.4 is 11.1 Å². The molecule has 1 aromatic carbocycles. The number of nitrogens with one attached hydrogen (secondary N) is 1. The van der Waals surface area contributed by atoms with Crippen molar-refractivity contribution in [2.24, 2.45) is 5.73 Å². The average Bonchev–Trinajstić information content (AvgIpc) is 2.31. The minimum absolute atomic E-state index is 0.621. The molecule has 0 aliphatic rings. The molecule has 0 saturated carbocycles. The second kappa shape index (κ2) is 6.59. The van der Waals surface area contributed by atoms with Gasteiger partial charge in [0.15, 0.2) is 0 Å². The minimum atomic E-state index is 0.621. The SMILES string of the molecule is CCC(CC)NCc1ccccc1CN. The van der Waals surface area contributed by atoms with Gasteiger partial charge >= 0.3 is 0 Å². The lowest BCUT2D eigenvalue weighted by molar-refractivity contribution is 0.483. The number of rotatable bonds is 6. The molecule has 84 valence electrons. The van der Waals surface area contributed by atoms with Crippen LogP contribution in [0.5, 0.6) is 0 Å². The first-order valence-electron chi connectivity index (χ1n) is 5.82. The van der Waals surface area contributed by atoms with Gasteiger partial charge in [0.05, 0.1) is 0 Å². The molecule has 1 rings (SSSR count). The van der Waals surface area contributed by atoms with Crippen LogP contribution in [-0.4, -0.2) is 6.04 Å². The van der Waals surface area contributed by atoms with E-state index in [1.807, 2.05) is 6.07 Å². The van der Waals surface area contributed by atoms with E-state index in [1.165, 1.54) is 24.0 Å². The Morgan fingerprint density at radius 1 is 1.13 bits per heavy atom. The lowest BCUT2D eigenvalue weighted by Crippen LogP contribution is -2.27. The van der Waals surface area contributed by atoms with Crippen molar-refractivity contribution in [1.82, 2.24) is 5.32 Å². The minimum Gasteiger partial charge on any atom is -0.326 e. The van der Waals surface area contributed by atoms with Crippen LogP contribution in [0.15, 0.2) is 24.3 Å². The van der Waals surface area contributed by atoms with Gasteiger partial charge in [0.1, 0.15) is 0 Å². The summed E-state index contributed by atoms with van der Waals surface area (Å²) in [4.78, 5) is 0. The van der Waals surface area contributed by atoms with Crippen molar-refractivity contribution < 1.29 is 0 Å². The number of benzene rings is 1. The molecular formula is C13H22N2. The molecule has 0 saturated heterocycles. The van der Waals surface area contributed by atoms with Crippen LogP contribution in [-0.2, 0) is 13.1 Å². The van der Waals surface area contributed by atoms with E-state index in [0.717, 1.165) is 6.54 Å². The zero-order chi connectivity index (χ0) is 11.1. The highest BCUT2D eigenvalue weighted by molar-refractivity contribution is 5.26. The van der Waals surface area contributed by atoms with Crippen LogP contribution in [0, 0.1) is 0 Å². The Morgan fingerprint density at radius 3 is 2.27 bits per heavy atom. The molecule has 0 unspecified atom stereocenters. The second-order valence-electron chi connectivity index (χ2n) is 3.87. The predicted molar refractivity (Wildman–Crippen MR) is 65.5 cm³/mol. The third-order valence-corrected chi connectivity index (χ3v) is 2.91. The fourth-order valence-electron chi connectivity index (χ4n) is 1.76. The maximum absolute atomic E-state index is 5.69. The van der Waals surface area contributed by atoms with Crippen LogP contribution >= 0.6 is 0 Å². The lowest BCUT2D eigenvalue weighted by Gasteiger charge is -2.16. The van der Waals surface area contributed by atoms with E-state index in [2.05, 4.69) is 37.4 Å². The third kappa shape index (κ3) is 3.65. The average molecular weight is 206 g/mol. The van der Waals surface area contributed by atoms with Gasteiger partial charge in [0, 0.05) is 19.1 Å². The van der Waals surface area contributed by atoms with Gasteiger partial charge in [0.2, 0.25) is 0 Å². The molecule has 2 nitrogen and oxygen atoms in total. The Kier molecular flexibility index (Phi) is 5.37. The topological polar surface area (TPSA) is 38.0 Å². The highest BCUT2D eigenvalue weighted by Crippen LogP contribution is 2.08. The first-order chi connectivity index (χ1) is 7.31. The van der Waals surface area contributed by atoms with E-state index < -0.39 is 0 Å². The highest BCUT2D eigenvalue weighted by Gasteiger charge is 2.04. The molecule has 0 aromatic heterocycles. The summed E-state index contributed by atoms with van der Waals surface area (Å²) in [6.07, 6.45) is 2.36. The molecule has 0 aliphatic heterocycles. The Hall–Kier alpha value is -0.860.